The normalized spacial score (nSPS) is 13.5. The van der Waals surface area contributed by atoms with E-state index in [1.807, 2.05) is 38.2 Å². The molecule has 5 heteroatoms. The maximum atomic E-state index is 12.6. The van der Waals surface area contributed by atoms with Gasteiger partial charge in [0.15, 0.2) is 5.13 Å². The van der Waals surface area contributed by atoms with E-state index in [2.05, 4.69) is 4.98 Å². The molecular formula is C18H22N2O2S. The van der Waals surface area contributed by atoms with Crippen LogP contribution in [0.3, 0.4) is 0 Å². The first kappa shape index (κ1) is 16.0. The molecule has 0 N–H and O–H groups in total. The average Bonchev–Trinajstić information content (AvgIpc) is 3.00. The fourth-order valence-electron chi connectivity index (χ4n) is 2.82. The second-order valence-electron chi connectivity index (χ2n) is 5.74. The quantitative estimate of drug-likeness (QED) is 0.841. The molecule has 1 amide bonds. The number of amides is 1. The standard InChI is InChI=1S/C18H22N2O2S/c1-3-22-15-10-6-4-8-13(15)12-17(21)20(2)18-19-14-9-5-7-11-16(14)23-18/h4,6,8,10H,3,5,7,9,11-12H2,1-2H3. The van der Waals surface area contributed by atoms with Crippen LogP contribution in [0, 0.1) is 0 Å². The van der Waals surface area contributed by atoms with E-state index in [4.69, 9.17) is 4.74 Å². The van der Waals surface area contributed by atoms with Crippen molar-refractivity contribution in [2.24, 2.45) is 0 Å². The third kappa shape index (κ3) is 3.55. The molecule has 0 saturated heterocycles. The number of thiazole rings is 1. The van der Waals surface area contributed by atoms with E-state index < -0.39 is 0 Å². The molecule has 23 heavy (non-hydrogen) atoms. The van der Waals surface area contributed by atoms with Crippen molar-refractivity contribution >= 4 is 22.4 Å². The minimum atomic E-state index is 0.0447. The third-order valence-electron chi connectivity index (χ3n) is 4.11. The topological polar surface area (TPSA) is 42.4 Å². The molecule has 0 radical (unpaired) electrons. The van der Waals surface area contributed by atoms with Crippen LogP contribution < -0.4 is 9.64 Å². The zero-order valence-corrected chi connectivity index (χ0v) is 14.5. The van der Waals surface area contributed by atoms with Crippen LogP contribution in [-0.2, 0) is 24.1 Å². The summed E-state index contributed by atoms with van der Waals surface area (Å²) in [6, 6.07) is 7.72. The Balaban J connectivity index is 1.74. The number of hydrogen-bond donors (Lipinski definition) is 0. The van der Waals surface area contributed by atoms with Crippen LogP contribution in [0.5, 0.6) is 5.75 Å². The maximum Gasteiger partial charge on any atom is 0.233 e. The molecule has 0 aliphatic heterocycles. The Kier molecular flexibility index (Phi) is 4.96. The number of anilines is 1. The Hall–Kier alpha value is -1.88. The highest BCUT2D eigenvalue weighted by Crippen LogP contribution is 2.31. The molecular weight excluding hydrogens is 308 g/mol. The molecule has 1 aliphatic rings. The van der Waals surface area contributed by atoms with Crippen LogP contribution in [0.2, 0.25) is 0 Å². The van der Waals surface area contributed by atoms with Gasteiger partial charge in [0.05, 0.1) is 18.7 Å². The molecule has 0 spiro atoms. The monoisotopic (exact) mass is 330 g/mol. The average molecular weight is 330 g/mol. The highest BCUT2D eigenvalue weighted by molar-refractivity contribution is 7.15. The van der Waals surface area contributed by atoms with Gasteiger partial charge in [0.1, 0.15) is 5.75 Å². The zero-order chi connectivity index (χ0) is 16.2. The number of aryl methyl sites for hydroxylation is 2. The summed E-state index contributed by atoms with van der Waals surface area (Å²) in [6.07, 6.45) is 4.91. The van der Waals surface area contributed by atoms with Gasteiger partial charge in [-0.1, -0.05) is 18.2 Å². The Bertz CT molecular complexity index is 673. The van der Waals surface area contributed by atoms with Crippen molar-refractivity contribution in [3.63, 3.8) is 0 Å². The molecule has 0 fully saturated rings. The van der Waals surface area contributed by atoms with E-state index in [0.717, 1.165) is 29.3 Å². The number of para-hydroxylation sites is 1. The molecule has 0 atom stereocenters. The van der Waals surface area contributed by atoms with Crippen LogP contribution in [-0.4, -0.2) is 24.5 Å². The van der Waals surface area contributed by atoms with Gasteiger partial charge < -0.3 is 4.74 Å². The van der Waals surface area contributed by atoms with Gasteiger partial charge in [-0.15, -0.1) is 11.3 Å². The summed E-state index contributed by atoms with van der Waals surface area (Å²) in [5.41, 5.74) is 2.11. The number of carbonyl (C=O) groups excluding carboxylic acids is 1. The lowest BCUT2D eigenvalue weighted by atomic mass is 10.0. The molecule has 4 nitrogen and oxygen atoms in total. The Morgan fingerprint density at radius 2 is 2.09 bits per heavy atom. The number of benzene rings is 1. The van der Waals surface area contributed by atoms with Crippen molar-refractivity contribution in [1.29, 1.82) is 0 Å². The predicted molar refractivity (Wildman–Crippen MR) is 93.5 cm³/mol. The Morgan fingerprint density at radius 1 is 1.30 bits per heavy atom. The minimum Gasteiger partial charge on any atom is -0.494 e. The van der Waals surface area contributed by atoms with Crippen LogP contribution in [0.1, 0.15) is 35.9 Å². The summed E-state index contributed by atoms with van der Waals surface area (Å²) < 4.78 is 5.61. The third-order valence-corrected chi connectivity index (χ3v) is 5.34. The molecule has 0 unspecified atom stereocenters. The summed E-state index contributed by atoms with van der Waals surface area (Å²) in [5, 5.41) is 0.816. The van der Waals surface area contributed by atoms with Gasteiger partial charge in [-0.25, -0.2) is 4.98 Å². The van der Waals surface area contributed by atoms with Crippen molar-refractivity contribution < 1.29 is 9.53 Å². The van der Waals surface area contributed by atoms with Gasteiger partial charge >= 0.3 is 0 Å². The van der Waals surface area contributed by atoms with Crippen molar-refractivity contribution in [1.82, 2.24) is 4.98 Å². The first-order valence-corrected chi connectivity index (χ1v) is 8.96. The summed E-state index contributed by atoms with van der Waals surface area (Å²) in [5.74, 6) is 0.832. The number of fused-ring (bicyclic) bond motifs is 1. The summed E-state index contributed by atoms with van der Waals surface area (Å²) in [6.45, 7) is 2.55. The van der Waals surface area contributed by atoms with Crippen molar-refractivity contribution in [2.75, 3.05) is 18.6 Å². The van der Waals surface area contributed by atoms with Crippen LogP contribution >= 0.6 is 11.3 Å². The number of hydrogen-bond acceptors (Lipinski definition) is 4. The van der Waals surface area contributed by atoms with Gasteiger partial charge in [-0.2, -0.15) is 0 Å². The first-order chi connectivity index (χ1) is 11.2. The smallest absolute Gasteiger partial charge is 0.233 e. The van der Waals surface area contributed by atoms with Gasteiger partial charge in [0.2, 0.25) is 5.91 Å². The highest BCUT2D eigenvalue weighted by Gasteiger charge is 2.21. The fraction of sp³-hybridized carbons (Fsp3) is 0.444. The SMILES string of the molecule is CCOc1ccccc1CC(=O)N(C)c1nc2c(s1)CCCC2. The van der Waals surface area contributed by atoms with Gasteiger partial charge in [0, 0.05) is 17.5 Å². The Morgan fingerprint density at radius 3 is 2.87 bits per heavy atom. The van der Waals surface area contributed by atoms with Crippen LogP contribution in [0.15, 0.2) is 24.3 Å². The van der Waals surface area contributed by atoms with Crippen LogP contribution in [0.4, 0.5) is 5.13 Å². The number of ether oxygens (including phenoxy) is 1. The molecule has 0 saturated carbocycles. The molecule has 1 aromatic heterocycles. The minimum absolute atomic E-state index is 0.0447. The lowest BCUT2D eigenvalue weighted by molar-refractivity contribution is -0.117. The maximum absolute atomic E-state index is 12.6. The van der Waals surface area contributed by atoms with Gasteiger partial charge in [0.25, 0.3) is 0 Å². The number of likely N-dealkylation sites (N-methyl/N-ethyl adjacent to an activating group) is 1. The molecule has 2 aromatic rings. The van der Waals surface area contributed by atoms with E-state index in [1.165, 1.54) is 23.4 Å². The summed E-state index contributed by atoms with van der Waals surface area (Å²) in [4.78, 5) is 20.3. The number of aromatic nitrogens is 1. The first-order valence-electron chi connectivity index (χ1n) is 8.15. The zero-order valence-electron chi connectivity index (χ0n) is 13.7. The Labute approximate surface area is 141 Å². The van der Waals surface area contributed by atoms with Crippen molar-refractivity contribution in [2.45, 2.75) is 39.0 Å². The number of carbonyl (C=O) groups is 1. The molecule has 122 valence electrons. The van der Waals surface area contributed by atoms with E-state index in [9.17, 15) is 4.79 Å². The lowest BCUT2D eigenvalue weighted by Gasteiger charge is -2.15. The number of rotatable bonds is 5. The predicted octanol–water partition coefficient (Wildman–Crippen LogP) is 3.63. The second kappa shape index (κ2) is 7.13. The van der Waals surface area contributed by atoms with Crippen molar-refractivity contribution in [3.8, 4) is 5.75 Å². The fourth-order valence-corrected chi connectivity index (χ4v) is 3.94. The summed E-state index contributed by atoms with van der Waals surface area (Å²) in [7, 11) is 1.82. The molecule has 1 aliphatic carbocycles. The van der Waals surface area contributed by atoms with Gasteiger partial charge in [-0.3, -0.25) is 9.69 Å². The second-order valence-corrected chi connectivity index (χ2v) is 6.81. The van der Waals surface area contributed by atoms with Crippen molar-refractivity contribution in [3.05, 3.63) is 40.4 Å². The molecule has 1 heterocycles. The lowest BCUT2D eigenvalue weighted by Crippen LogP contribution is -2.28. The van der Waals surface area contributed by atoms with E-state index in [-0.39, 0.29) is 5.91 Å². The van der Waals surface area contributed by atoms with Gasteiger partial charge in [-0.05, 0) is 38.7 Å². The molecule has 3 rings (SSSR count). The summed E-state index contributed by atoms with van der Waals surface area (Å²) >= 11 is 1.66. The van der Waals surface area contributed by atoms with E-state index in [1.54, 1.807) is 16.2 Å². The van der Waals surface area contributed by atoms with E-state index in [0.29, 0.717) is 13.0 Å². The molecule has 0 bridgehead atoms. The largest absolute Gasteiger partial charge is 0.494 e. The van der Waals surface area contributed by atoms with E-state index >= 15 is 0 Å². The number of nitrogens with zero attached hydrogens (tertiary/aromatic N) is 2. The highest BCUT2D eigenvalue weighted by atomic mass is 32.1. The van der Waals surface area contributed by atoms with Crippen LogP contribution in [0.25, 0.3) is 0 Å². The molecule has 1 aromatic carbocycles.